The first-order valence-electron chi connectivity index (χ1n) is 8.85. The second-order valence-electron chi connectivity index (χ2n) is 7.32. The molecule has 8 heteroatoms. The molecular weight excluding hydrogens is 354 g/mol. The number of hydrogen-bond acceptors (Lipinski definition) is 6. The van der Waals surface area contributed by atoms with Crippen molar-refractivity contribution in [3.63, 3.8) is 0 Å². The van der Waals surface area contributed by atoms with Crippen LogP contribution in [0.5, 0.6) is 0 Å². The molecule has 0 amide bonds. The topological polar surface area (TPSA) is 85.5 Å². The average molecular weight is 377 g/mol. The van der Waals surface area contributed by atoms with Crippen molar-refractivity contribution in [2.45, 2.75) is 37.5 Å². The Balaban J connectivity index is 1.69. The zero-order chi connectivity index (χ0) is 18.4. The van der Waals surface area contributed by atoms with Crippen LogP contribution in [0.15, 0.2) is 33.7 Å². The molecule has 0 unspecified atom stereocenters. The van der Waals surface area contributed by atoms with Crippen molar-refractivity contribution < 1.29 is 17.7 Å². The number of hydrogen-bond donors (Lipinski definition) is 0. The van der Waals surface area contributed by atoms with Gasteiger partial charge in [0.05, 0.1) is 10.8 Å². The van der Waals surface area contributed by atoms with Crippen molar-refractivity contribution in [1.82, 2.24) is 14.4 Å². The van der Waals surface area contributed by atoms with Gasteiger partial charge in [0.2, 0.25) is 15.9 Å². The van der Waals surface area contributed by atoms with Gasteiger partial charge in [0.1, 0.15) is 0 Å². The zero-order valence-corrected chi connectivity index (χ0v) is 15.8. The number of nitrogens with zero attached hydrogens (tertiary/aromatic N) is 3. The van der Waals surface area contributed by atoms with Gasteiger partial charge in [-0.2, -0.15) is 9.29 Å². The van der Waals surface area contributed by atoms with Gasteiger partial charge in [-0.1, -0.05) is 22.9 Å². The number of sulfonamides is 1. The third kappa shape index (κ3) is 2.95. The minimum Gasteiger partial charge on any atom is -0.381 e. The highest BCUT2D eigenvalue weighted by molar-refractivity contribution is 7.89. The molecule has 1 aromatic heterocycles. The summed E-state index contributed by atoms with van der Waals surface area (Å²) in [5, 5.41) is 3.91. The van der Waals surface area contributed by atoms with Crippen LogP contribution in [0.4, 0.5) is 0 Å². The van der Waals surface area contributed by atoms with E-state index in [1.54, 1.807) is 23.4 Å². The summed E-state index contributed by atoms with van der Waals surface area (Å²) in [4.78, 5) is 4.73. The van der Waals surface area contributed by atoms with Crippen LogP contribution in [-0.4, -0.2) is 49.2 Å². The second kappa shape index (κ2) is 6.44. The molecular formula is C18H23N3O4S. The maximum atomic E-state index is 13.2. The summed E-state index contributed by atoms with van der Waals surface area (Å²) in [6.45, 7) is 5.79. The van der Waals surface area contributed by atoms with Gasteiger partial charge in [-0.3, -0.25) is 0 Å². The van der Waals surface area contributed by atoms with Crippen molar-refractivity contribution in [3.8, 4) is 0 Å². The SMILES string of the molecule is Cc1ccc(S(=O)(=O)N2C[C@H](c3nc(C)no3)C3(CCOCC3)C2)cc1. The molecule has 1 spiro atoms. The van der Waals surface area contributed by atoms with E-state index in [2.05, 4.69) is 10.1 Å². The van der Waals surface area contributed by atoms with Crippen molar-refractivity contribution >= 4 is 10.0 Å². The molecule has 2 fully saturated rings. The van der Waals surface area contributed by atoms with Crippen molar-refractivity contribution in [3.05, 3.63) is 41.5 Å². The van der Waals surface area contributed by atoms with Crippen LogP contribution >= 0.6 is 0 Å². The van der Waals surface area contributed by atoms with Gasteiger partial charge in [-0.05, 0) is 38.8 Å². The highest BCUT2D eigenvalue weighted by Crippen LogP contribution is 2.50. The quantitative estimate of drug-likeness (QED) is 0.816. The first-order chi connectivity index (χ1) is 12.4. The van der Waals surface area contributed by atoms with Crippen LogP contribution < -0.4 is 0 Å². The summed E-state index contributed by atoms with van der Waals surface area (Å²) in [5.74, 6) is 1.00. The van der Waals surface area contributed by atoms with Crippen LogP contribution in [0.25, 0.3) is 0 Å². The van der Waals surface area contributed by atoms with E-state index < -0.39 is 10.0 Å². The molecule has 0 radical (unpaired) electrons. The lowest BCUT2D eigenvalue weighted by Crippen LogP contribution is -2.37. The van der Waals surface area contributed by atoms with E-state index in [1.165, 1.54) is 0 Å². The Kier molecular flexibility index (Phi) is 4.37. The highest BCUT2D eigenvalue weighted by atomic mass is 32.2. The van der Waals surface area contributed by atoms with Crippen LogP contribution in [0.1, 0.15) is 36.0 Å². The van der Waals surface area contributed by atoms with E-state index in [1.807, 2.05) is 19.1 Å². The summed E-state index contributed by atoms with van der Waals surface area (Å²) < 4.78 is 38.9. The lowest BCUT2D eigenvalue weighted by Gasteiger charge is -2.36. The Morgan fingerprint density at radius 2 is 1.85 bits per heavy atom. The predicted octanol–water partition coefficient (Wildman–Crippen LogP) is 2.27. The largest absolute Gasteiger partial charge is 0.381 e. The standard InChI is InChI=1S/C18H23N3O4S/c1-13-3-5-15(6-4-13)26(22,23)21-11-16(17-19-14(2)20-25-17)18(12-21)7-9-24-10-8-18/h3-6,16H,7-12H2,1-2H3/t16-/m1/s1. The summed E-state index contributed by atoms with van der Waals surface area (Å²) >= 11 is 0. The molecule has 0 saturated carbocycles. The fourth-order valence-corrected chi connectivity index (χ4v) is 5.60. The Labute approximate surface area is 153 Å². The summed E-state index contributed by atoms with van der Waals surface area (Å²) in [7, 11) is -3.56. The third-order valence-electron chi connectivity index (χ3n) is 5.61. The minimum absolute atomic E-state index is 0.104. The maximum absolute atomic E-state index is 13.2. The zero-order valence-electron chi connectivity index (χ0n) is 15.0. The molecule has 0 aliphatic carbocycles. The summed E-state index contributed by atoms with van der Waals surface area (Å²) in [5.41, 5.74) is 0.820. The van der Waals surface area contributed by atoms with E-state index >= 15 is 0 Å². The maximum Gasteiger partial charge on any atom is 0.243 e. The molecule has 0 bridgehead atoms. The Bertz CT molecular complexity index is 885. The molecule has 140 valence electrons. The molecule has 2 aliphatic rings. The second-order valence-corrected chi connectivity index (χ2v) is 9.26. The fourth-order valence-electron chi connectivity index (χ4n) is 4.04. The van der Waals surface area contributed by atoms with E-state index in [9.17, 15) is 8.42 Å². The van der Waals surface area contributed by atoms with E-state index in [0.717, 1.165) is 18.4 Å². The molecule has 7 nitrogen and oxygen atoms in total. The minimum atomic E-state index is -3.56. The third-order valence-corrected chi connectivity index (χ3v) is 7.43. The van der Waals surface area contributed by atoms with E-state index in [4.69, 9.17) is 9.26 Å². The summed E-state index contributed by atoms with van der Waals surface area (Å²) in [6, 6.07) is 7.00. The Hall–Kier alpha value is -1.77. The van der Waals surface area contributed by atoms with Crippen LogP contribution in [0, 0.1) is 19.3 Å². The molecule has 0 N–H and O–H groups in total. The molecule has 2 saturated heterocycles. The highest BCUT2D eigenvalue weighted by Gasteiger charge is 2.53. The predicted molar refractivity (Wildman–Crippen MR) is 94.2 cm³/mol. The lowest BCUT2D eigenvalue weighted by molar-refractivity contribution is 0.0104. The van der Waals surface area contributed by atoms with Gasteiger partial charge in [-0.25, -0.2) is 8.42 Å². The molecule has 1 aromatic carbocycles. The first-order valence-corrected chi connectivity index (χ1v) is 10.3. The van der Waals surface area contributed by atoms with Gasteiger partial charge in [0.25, 0.3) is 0 Å². The smallest absolute Gasteiger partial charge is 0.243 e. The molecule has 4 rings (SSSR count). The number of ether oxygens (including phenoxy) is 1. The van der Waals surface area contributed by atoms with Crippen molar-refractivity contribution in [2.75, 3.05) is 26.3 Å². The van der Waals surface area contributed by atoms with Crippen molar-refractivity contribution in [1.29, 1.82) is 0 Å². The number of benzene rings is 1. The molecule has 2 aromatic rings. The Morgan fingerprint density at radius 3 is 2.46 bits per heavy atom. The van der Waals surface area contributed by atoms with Gasteiger partial charge < -0.3 is 9.26 Å². The van der Waals surface area contributed by atoms with Gasteiger partial charge in [0.15, 0.2) is 5.82 Å². The van der Waals surface area contributed by atoms with Crippen molar-refractivity contribution in [2.24, 2.45) is 5.41 Å². The van der Waals surface area contributed by atoms with Gasteiger partial charge >= 0.3 is 0 Å². The van der Waals surface area contributed by atoms with Crippen LogP contribution in [0.2, 0.25) is 0 Å². The number of aryl methyl sites for hydroxylation is 2. The monoisotopic (exact) mass is 377 g/mol. The van der Waals surface area contributed by atoms with Crippen LogP contribution in [0.3, 0.4) is 0 Å². The fraction of sp³-hybridized carbons (Fsp3) is 0.556. The summed E-state index contributed by atoms with van der Waals surface area (Å²) in [6.07, 6.45) is 1.58. The van der Waals surface area contributed by atoms with Crippen LogP contribution in [-0.2, 0) is 14.8 Å². The van der Waals surface area contributed by atoms with Gasteiger partial charge in [-0.15, -0.1) is 0 Å². The number of rotatable bonds is 3. The van der Waals surface area contributed by atoms with E-state index in [0.29, 0.717) is 42.9 Å². The first kappa shape index (κ1) is 17.6. The average Bonchev–Trinajstić information content (AvgIpc) is 3.20. The Morgan fingerprint density at radius 1 is 1.15 bits per heavy atom. The molecule has 2 aliphatic heterocycles. The molecule has 1 atom stereocenters. The number of aromatic nitrogens is 2. The molecule has 26 heavy (non-hydrogen) atoms. The normalized spacial score (nSPS) is 23.5. The van der Waals surface area contributed by atoms with E-state index in [-0.39, 0.29) is 11.3 Å². The molecule has 3 heterocycles. The van der Waals surface area contributed by atoms with Gasteiger partial charge in [0, 0.05) is 31.7 Å². The lowest BCUT2D eigenvalue weighted by atomic mass is 9.72.